The van der Waals surface area contributed by atoms with Gasteiger partial charge in [0.2, 0.25) is 0 Å². The molecule has 0 bridgehead atoms. The Morgan fingerprint density at radius 1 is 1.43 bits per heavy atom. The first-order valence-electron chi connectivity index (χ1n) is 4.21. The van der Waals surface area contributed by atoms with Crippen LogP contribution < -0.4 is 4.74 Å². The van der Waals surface area contributed by atoms with Gasteiger partial charge in [-0.25, -0.2) is 0 Å². The number of esters is 1. The van der Waals surface area contributed by atoms with E-state index in [9.17, 15) is 9.59 Å². The van der Waals surface area contributed by atoms with Crippen molar-refractivity contribution in [1.82, 2.24) is 0 Å². The molecule has 0 saturated heterocycles. The van der Waals surface area contributed by atoms with Crippen molar-refractivity contribution < 1.29 is 19.4 Å². The predicted molar refractivity (Wildman–Crippen MR) is 46.9 cm³/mol. The molecule has 4 heteroatoms. The molecular formula is C10H8O4. The maximum absolute atomic E-state index is 11.2. The normalized spacial score (nSPS) is 19.7. The maximum Gasteiger partial charge on any atom is 0.326 e. The number of rotatable bonds is 1. The lowest BCUT2D eigenvalue weighted by molar-refractivity contribution is -0.153. The number of hydrogen-bond donors (Lipinski definition) is 1. The molecule has 0 saturated carbocycles. The second-order valence-corrected chi connectivity index (χ2v) is 3.12. The Kier molecular flexibility index (Phi) is 1.96. The molecule has 1 aliphatic rings. The molecule has 2 rings (SSSR count). The van der Waals surface area contributed by atoms with Crippen LogP contribution in [0.2, 0.25) is 0 Å². The molecule has 0 radical (unpaired) electrons. The molecule has 1 aromatic rings. The molecule has 0 fully saturated rings. The van der Waals surface area contributed by atoms with Gasteiger partial charge in [-0.3, -0.25) is 9.59 Å². The zero-order chi connectivity index (χ0) is 10.1. The van der Waals surface area contributed by atoms with Crippen LogP contribution in [-0.4, -0.2) is 17.0 Å². The van der Waals surface area contributed by atoms with Crippen LogP contribution in [0.1, 0.15) is 5.56 Å². The third kappa shape index (κ3) is 1.35. The molecule has 0 aromatic heterocycles. The highest BCUT2D eigenvalue weighted by Crippen LogP contribution is 2.27. The Balaban J connectivity index is 2.36. The van der Waals surface area contributed by atoms with Gasteiger partial charge in [-0.15, -0.1) is 0 Å². The standard InChI is InChI=1S/C10H8O4/c11-9(12)7-5-6-3-1-2-4-8(6)14-10(7)13/h1-4,7H,5H2,(H,11,12)/t7-/m1/s1. The maximum atomic E-state index is 11.2. The number of para-hydroxylation sites is 1. The minimum atomic E-state index is -1.13. The van der Waals surface area contributed by atoms with E-state index in [4.69, 9.17) is 9.84 Å². The van der Waals surface area contributed by atoms with Gasteiger partial charge in [-0.2, -0.15) is 0 Å². The topological polar surface area (TPSA) is 63.6 Å². The summed E-state index contributed by atoms with van der Waals surface area (Å²) in [6.45, 7) is 0. The Bertz CT molecular complexity index is 397. The van der Waals surface area contributed by atoms with Crippen LogP contribution in [0.5, 0.6) is 5.75 Å². The fourth-order valence-electron chi connectivity index (χ4n) is 1.44. The number of aliphatic carboxylic acids is 1. The minimum absolute atomic E-state index is 0.213. The Morgan fingerprint density at radius 3 is 2.86 bits per heavy atom. The first-order chi connectivity index (χ1) is 6.68. The molecule has 0 aliphatic carbocycles. The van der Waals surface area contributed by atoms with Gasteiger partial charge >= 0.3 is 11.9 Å². The second kappa shape index (κ2) is 3.14. The predicted octanol–water partition coefficient (Wildman–Crippen LogP) is 0.849. The zero-order valence-electron chi connectivity index (χ0n) is 7.27. The molecule has 1 aliphatic heterocycles. The van der Waals surface area contributed by atoms with Crippen molar-refractivity contribution in [2.45, 2.75) is 6.42 Å². The number of benzene rings is 1. The van der Waals surface area contributed by atoms with Gasteiger partial charge < -0.3 is 9.84 Å². The quantitative estimate of drug-likeness (QED) is 0.407. The molecule has 1 aromatic carbocycles. The van der Waals surface area contributed by atoms with Crippen LogP contribution in [0, 0.1) is 5.92 Å². The van der Waals surface area contributed by atoms with Gasteiger partial charge in [-0.1, -0.05) is 18.2 Å². The van der Waals surface area contributed by atoms with Gasteiger partial charge in [0.05, 0.1) is 0 Å². The highest BCUT2D eigenvalue weighted by Gasteiger charge is 2.33. The summed E-state index contributed by atoms with van der Waals surface area (Å²) in [4.78, 5) is 21.9. The summed E-state index contributed by atoms with van der Waals surface area (Å²) >= 11 is 0. The van der Waals surface area contributed by atoms with Gasteiger partial charge in [0.1, 0.15) is 5.75 Å². The average Bonchev–Trinajstić information content (AvgIpc) is 2.16. The second-order valence-electron chi connectivity index (χ2n) is 3.12. The van der Waals surface area contributed by atoms with Gasteiger partial charge in [0, 0.05) is 6.42 Å². The number of carboxylic acid groups (broad SMARTS) is 1. The number of ether oxygens (including phenoxy) is 1. The molecule has 0 unspecified atom stereocenters. The smallest absolute Gasteiger partial charge is 0.326 e. The Hall–Kier alpha value is -1.84. The fourth-order valence-corrected chi connectivity index (χ4v) is 1.44. The van der Waals surface area contributed by atoms with Crippen molar-refractivity contribution in [3.05, 3.63) is 29.8 Å². The summed E-state index contributed by atoms with van der Waals surface area (Å²) in [5.41, 5.74) is 0.763. The number of carbonyl (C=O) groups excluding carboxylic acids is 1. The number of fused-ring (bicyclic) bond motifs is 1. The third-order valence-corrected chi connectivity index (χ3v) is 2.19. The van der Waals surface area contributed by atoms with Crippen LogP contribution in [0.4, 0.5) is 0 Å². The van der Waals surface area contributed by atoms with Crippen LogP contribution in [0.15, 0.2) is 24.3 Å². The van der Waals surface area contributed by atoms with Gasteiger partial charge in [0.25, 0.3) is 0 Å². The molecule has 0 amide bonds. The fraction of sp³-hybridized carbons (Fsp3) is 0.200. The van der Waals surface area contributed by atoms with E-state index in [0.29, 0.717) is 5.75 Å². The summed E-state index contributed by atoms with van der Waals surface area (Å²) in [6, 6.07) is 6.95. The van der Waals surface area contributed by atoms with Gasteiger partial charge in [-0.05, 0) is 11.6 Å². The number of hydrogen-bond acceptors (Lipinski definition) is 3. The average molecular weight is 192 g/mol. The summed E-state index contributed by atoms with van der Waals surface area (Å²) in [5.74, 6) is -2.42. The summed E-state index contributed by atoms with van der Waals surface area (Å²) in [5, 5.41) is 8.73. The molecular weight excluding hydrogens is 184 g/mol. The zero-order valence-corrected chi connectivity index (χ0v) is 7.27. The van der Waals surface area contributed by atoms with Crippen LogP contribution in [0.25, 0.3) is 0 Å². The summed E-state index contributed by atoms with van der Waals surface area (Å²) in [6.07, 6.45) is 0.213. The van der Waals surface area contributed by atoms with Crippen LogP contribution in [-0.2, 0) is 16.0 Å². The van der Waals surface area contributed by atoms with E-state index in [1.165, 1.54) is 0 Å². The summed E-state index contributed by atoms with van der Waals surface area (Å²) < 4.78 is 4.89. The van der Waals surface area contributed by atoms with Crippen molar-refractivity contribution in [3.63, 3.8) is 0 Å². The first kappa shape index (κ1) is 8.74. The molecule has 0 spiro atoms. The Labute approximate surface area is 80.1 Å². The number of carboxylic acids is 1. The molecule has 72 valence electrons. The Morgan fingerprint density at radius 2 is 2.14 bits per heavy atom. The molecule has 1 heterocycles. The van der Waals surface area contributed by atoms with Gasteiger partial charge in [0.15, 0.2) is 5.92 Å². The van der Waals surface area contributed by atoms with Crippen molar-refractivity contribution in [3.8, 4) is 5.75 Å². The van der Waals surface area contributed by atoms with Crippen molar-refractivity contribution in [2.24, 2.45) is 5.92 Å². The lowest BCUT2D eigenvalue weighted by Gasteiger charge is -2.19. The van der Waals surface area contributed by atoms with E-state index < -0.39 is 17.9 Å². The van der Waals surface area contributed by atoms with E-state index in [1.54, 1.807) is 24.3 Å². The first-order valence-corrected chi connectivity index (χ1v) is 4.21. The van der Waals surface area contributed by atoms with Crippen LogP contribution in [0.3, 0.4) is 0 Å². The van der Waals surface area contributed by atoms with E-state index in [-0.39, 0.29) is 6.42 Å². The van der Waals surface area contributed by atoms with E-state index in [0.717, 1.165) is 5.56 Å². The van der Waals surface area contributed by atoms with Crippen molar-refractivity contribution in [2.75, 3.05) is 0 Å². The molecule has 1 N–H and O–H groups in total. The summed E-state index contributed by atoms with van der Waals surface area (Å²) in [7, 11) is 0. The SMILES string of the molecule is O=C(O)[C@H]1Cc2ccccc2OC1=O. The van der Waals surface area contributed by atoms with Crippen molar-refractivity contribution in [1.29, 1.82) is 0 Å². The lowest BCUT2D eigenvalue weighted by Crippen LogP contribution is -2.33. The van der Waals surface area contributed by atoms with Crippen LogP contribution >= 0.6 is 0 Å². The third-order valence-electron chi connectivity index (χ3n) is 2.19. The number of carbonyl (C=O) groups is 2. The van der Waals surface area contributed by atoms with E-state index in [1.807, 2.05) is 0 Å². The monoisotopic (exact) mass is 192 g/mol. The van der Waals surface area contributed by atoms with E-state index in [2.05, 4.69) is 0 Å². The highest BCUT2D eigenvalue weighted by atomic mass is 16.5. The molecule has 4 nitrogen and oxygen atoms in total. The molecule has 14 heavy (non-hydrogen) atoms. The van der Waals surface area contributed by atoms with Crippen molar-refractivity contribution >= 4 is 11.9 Å². The largest absolute Gasteiger partial charge is 0.481 e. The highest BCUT2D eigenvalue weighted by molar-refractivity contribution is 5.96. The lowest BCUT2D eigenvalue weighted by atomic mass is 9.96. The minimum Gasteiger partial charge on any atom is -0.481 e. The van der Waals surface area contributed by atoms with E-state index >= 15 is 0 Å². The molecule has 1 atom stereocenters.